The second-order valence-electron chi connectivity index (χ2n) is 3.24. The maximum atomic E-state index is 10.6. The first kappa shape index (κ1) is 10.7. The third-order valence-electron chi connectivity index (χ3n) is 1.80. The number of Topliss-reactive ketones (excluding diaryl/α,β-unsaturated/α-hetero) is 1. The summed E-state index contributed by atoms with van der Waals surface area (Å²) in [5.74, 6) is 0.634. The Balaban J connectivity index is 2.59. The predicted octanol–water partition coefficient (Wildman–Crippen LogP) is 1.71. The highest BCUT2D eigenvalue weighted by atomic mass is 16.5. The molecule has 0 aliphatic carbocycles. The predicted molar refractivity (Wildman–Crippen MR) is 53.3 cm³/mol. The Bertz CT molecular complexity index is 301. The number of hydrogen-bond acceptors (Lipinski definition) is 3. The average molecular weight is 194 g/mol. The molecule has 0 bridgehead atoms. The lowest BCUT2D eigenvalue weighted by Gasteiger charge is -2.06. The molecule has 1 rings (SSSR count). The van der Waals surface area contributed by atoms with E-state index < -0.39 is 6.10 Å². The molecule has 0 spiro atoms. The fourth-order valence-corrected chi connectivity index (χ4v) is 1.03. The van der Waals surface area contributed by atoms with Crippen molar-refractivity contribution in [1.29, 1.82) is 0 Å². The van der Waals surface area contributed by atoms with E-state index in [4.69, 9.17) is 4.74 Å². The Morgan fingerprint density at radius 3 is 2.43 bits per heavy atom. The summed E-state index contributed by atoms with van der Waals surface area (Å²) in [6.07, 6.45) is -0.475. The van der Waals surface area contributed by atoms with E-state index in [1.807, 2.05) is 0 Å². The summed E-state index contributed by atoms with van der Waals surface area (Å²) in [5, 5.41) is 9.24. The molecule has 1 unspecified atom stereocenters. The van der Waals surface area contributed by atoms with Gasteiger partial charge in [0.1, 0.15) is 12.4 Å². The third kappa shape index (κ3) is 3.18. The molecule has 1 aromatic carbocycles. The van der Waals surface area contributed by atoms with Gasteiger partial charge in [-0.2, -0.15) is 0 Å². The van der Waals surface area contributed by atoms with Crippen LogP contribution in [0.4, 0.5) is 0 Å². The second kappa shape index (κ2) is 4.77. The molecule has 76 valence electrons. The summed E-state index contributed by atoms with van der Waals surface area (Å²) >= 11 is 0. The van der Waals surface area contributed by atoms with E-state index in [1.54, 1.807) is 31.2 Å². The fourth-order valence-electron chi connectivity index (χ4n) is 1.03. The number of aliphatic hydroxyl groups is 1. The number of ketones is 1. The molecule has 3 nitrogen and oxygen atoms in total. The zero-order valence-corrected chi connectivity index (χ0v) is 8.36. The summed E-state index contributed by atoms with van der Waals surface area (Å²) in [4.78, 5) is 10.6. The van der Waals surface area contributed by atoms with Gasteiger partial charge >= 0.3 is 0 Å². The molecule has 14 heavy (non-hydrogen) atoms. The normalized spacial score (nSPS) is 12.2. The topological polar surface area (TPSA) is 46.5 Å². The van der Waals surface area contributed by atoms with Crippen LogP contribution in [0.15, 0.2) is 24.3 Å². The number of ether oxygens (including phenoxy) is 1. The number of rotatable bonds is 4. The van der Waals surface area contributed by atoms with Crippen LogP contribution in [0.2, 0.25) is 0 Å². The van der Waals surface area contributed by atoms with Crippen molar-refractivity contribution in [2.75, 3.05) is 6.61 Å². The summed E-state index contributed by atoms with van der Waals surface area (Å²) in [6.45, 7) is 3.27. The van der Waals surface area contributed by atoms with Crippen molar-refractivity contribution in [2.24, 2.45) is 0 Å². The Morgan fingerprint density at radius 2 is 2.00 bits per heavy atom. The van der Waals surface area contributed by atoms with Gasteiger partial charge in [0.15, 0.2) is 5.78 Å². The van der Waals surface area contributed by atoms with Gasteiger partial charge in [0.2, 0.25) is 0 Å². The number of carbonyl (C=O) groups is 1. The van der Waals surface area contributed by atoms with Gasteiger partial charge in [-0.15, -0.1) is 0 Å². The lowest BCUT2D eigenvalue weighted by atomic mass is 10.1. The van der Waals surface area contributed by atoms with Gasteiger partial charge in [0.05, 0.1) is 6.10 Å². The van der Waals surface area contributed by atoms with Crippen molar-refractivity contribution in [3.8, 4) is 5.75 Å². The van der Waals surface area contributed by atoms with Crippen molar-refractivity contribution in [3.05, 3.63) is 29.8 Å². The monoisotopic (exact) mass is 194 g/mol. The maximum Gasteiger partial charge on any atom is 0.167 e. The highest BCUT2D eigenvalue weighted by Crippen LogP contribution is 2.16. The van der Waals surface area contributed by atoms with Crippen LogP contribution in [0, 0.1) is 0 Å². The molecule has 0 saturated carbocycles. The smallest absolute Gasteiger partial charge is 0.167 e. The van der Waals surface area contributed by atoms with Gasteiger partial charge < -0.3 is 9.84 Å². The molecule has 1 aromatic rings. The van der Waals surface area contributed by atoms with E-state index in [1.165, 1.54) is 6.92 Å². The van der Waals surface area contributed by atoms with Gasteiger partial charge in [-0.25, -0.2) is 0 Å². The molecular formula is C11H14O3. The van der Waals surface area contributed by atoms with E-state index in [0.29, 0.717) is 5.75 Å². The van der Waals surface area contributed by atoms with E-state index in [-0.39, 0.29) is 12.4 Å². The zero-order chi connectivity index (χ0) is 10.6. The van der Waals surface area contributed by atoms with Gasteiger partial charge in [0.25, 0.3) is 0 Å². The van der Waals surface area contributed by atoms with E-state index in [2.05, 4.69) is 0 Å². The van der Waals surface area contributed by atoms with Crippen LogP contribution in [0.25, 0.3) is 0 Å². The molecule has 0 saturated heterocycles. The molecule has 0 aliphatic heterocycles. The van der Waals surface area contributed by atoms with Crippen molar-refractivity contribution in [1.82, 2.24) is 0 Å². The van der Waals surface area contributed by atoms with Gasteiger partial charge in [-0.05, 0) is 31.5 Å². The standard InChI is InChI=1S/C11H14O3/c1-8(12)7-14-11-5-3-10(4-6-11)9(2)13/h3-6,9,13H,7H2,1-2H3. The van der Waals surface area contributed by atoms with Crippen LogP contribution in [-0.2, 0) is 4.79 Å². The molecule has 0 aromatic heterocycles. The summed E-state index contributed by atoms with van der Waals surface area (Å²) in [7, 11) is 0. The molecular weight excluding hydrogens is 180 g/mol. The zero-order valence-electron chi connectivity index (χ0n) is 8.36. The largest absolute Gasteiger partial charge is 0.486 e. The van der Waals surface area contributed by atoms with Crippen molar-refractivity contribution in [2.45, 2.75) is 20.0 Å². The maximum absolute atomic E-state index is 10.6. The molecule has 0 amide bonds. The Morgan fingerprint density at radius 1 is 1.43 bits per heavy atom. The third-order valence-corrected chi connectivity index (χ3v) is 1.80. The molecule has 0 fully saturated rings. The first-order valence-corrected chi connectivity index (χ1v) is 4.50. The van der Waals surface area contributed by atoms with Crippen LogP contribution in [0.5, 0.6) is 5.75 Å². The summed E-state index contributed by atoms with van der Waals surface area (Å²) in [6, 6.07) is 7.04. The quantitative estimate of drug-likeness (QED) is 0.793. The number of carbonyl (C=O) groups excluding carboxylic acids is 1. The van der Waals surface area contributed by atoms with Crippen LogP contribution >= 0.6 is 0 Å². The second-order valence-corrected chi connectivity index (χ2v) is 3.24. The molecule has 0 radical (unpaired) electrons. The van der Waals surface area contributed by atoms with E-state index in [0.717, 1.165) is 5.56 Å². The summed E-state index contributed by atoms with van der Waals surface area (Å²) < 4.78 is 5.17. The lowest BCUT2D eigenvalue weighted by molar-refractivity contribution is -0.118. The van der Waals surface area contributed by atoms with E-state index >= 15 is 0 Å². The Kier molecular flexibility index (Phi) is 3.65. The van der Waals surface area contributed by atoms with E-state index in [9.17, 15) is 9.90 Å². The molecule has 1 atom stereocenters. The minimum atomic E-state index is -0.475. The minimum absolute atomic E-state index is 0.00963. The van der Waals surface area contributed by atoms with Crippen molar-refractivity contribution >= 4 is 5.78 Å². The van der Waals surface area contributed by atoms with Crippen LogP contribution in [0.3, 0.4) is 0 Å². The fraction of sp³-hybridized carbons (Fsp3) is 0.364. The Hall–Kier alpha value is -1.35. The van der Waals surface area contributed by atoms with Crippen molar-refractivity contribution < 1.29 is 14.6 Å². The summed E-state index contributed by atoms with van der Waals surface area (Å²) in [5.41, 5.74) is 0.833. The van der Waals surface area contributed by atoms with Crippen LogP contribution in [-0.4, -0.2) is 17.5 Å². The molecule has 1 N–H and O–H groups in total. The molecule has 0 heterocycles. The Labute approximate surface area is 83.3 Å². The number of aliphatic hydroxyl groups excluding tert-OH is 1. The minimum Gasteiger partial charge on any atom is -0.486 e. The van der Waals surface area contributed by atoms with Gasteiger partial charge in [-0.1, -0.05) is 12.1 Å². The average Bonchev–Trinajstić information content (AvgIpc) is 2.15. The lowest BCUT2D eigenvalue weighted by Crippen LogP contribution is -2.06. The number of benzene rings is 1. The van der Waals surface area contributed by atoms with Crippen LogP contribution < -0.4 is 4.74 Å². The first-order chi connectivity index (χ1) is 6.59. The first-order valence-electron chi connectivity index (χ1n) is 4.50. The number of hydrogen-bond donors (Lipinski definition) is 1. The van der Waals surface area contributed by atoms with Crippen molar-refractivity contribution in [3.63, 3.8) is 0 Å². The SMILES string of the molecule is CC(=O)COc1ccc(C(C)O)cc1. The van der Waals surface area contributed by atoms with Gasteiger partial charge in [0, 0.05) is 0 Å². The highest BCUT2D eigenvalue weighted by molar-refractivity contribution is 5.77. The van der Waals surface area contributed by atoms with Crippen LogP contribution in [0.1, 0.15) is 25.5 Å². The highest BCUT2D eigenvalue weighted by Gasteiger charge is 2.01. The molecule has 0 aliphatic rings. The molecule has 3 heteroatoms. The van der Waals surface area contributed by atoms with Gasteiger partial charge in [-0.3, -0.25) is 4.79 Å².